The minimum atomic E-state index is -1.40. The molecule has 1 aromatic rings. The number of carbonyl (C=O) groups excluding carboxylic acids is 1. The molecule has 2 heterocycles. The Hall–Kier alpha value is -2.09. The van der Waals surface area contributed by atoms with Crippen molar-refractivity contribution in [2.24, 2.45) is 5.16 Å². The zero-order valence-corrected chi connectivity index (χ0v) is 14.7. The van der Waals surface area contributed by atoms with Gasteiger partial charge in [0.25, 0.3) is 5.91 Å². The molecular formula is C16H17BrN2O5. The molecule has 128 valence electrons. The number of ether oxygens (including phenoxy) is 1. The third-order valence-electron chi connectivity index (χ3n) is 4.39. The highest BCUT2D eigenvalue weighted by Gasteiger charge is 2.44. The summed E-state index contributed by atoms with van der Waals surface area (Å²) in [5, 5.41) is 12.3. The molecule has 8 heteroatoms. The van der Waals surface area contributed by atoms with E-state index in [4.69, 9.17) is 9.94 Å². The first-order chi connectivity index (χ1) is 11.4. The molecular weight excluding hydrogens is 380 g/mol. The van der Waals surface area contributed by atoms with Crippen LogP contribution in [-0.2, 0) is 9.57 Å². The number of benzene rings is 1. The van der Waals surface area contributed by atoms with Gasteiger partial charge in [-0.2, -0.15) is 0 Å². The standard InChI is InChI=1S/C16H17BrN2O5/c1-10-8-11(2-3-12(10)17)14(20)19-6-4-16(5-7-19)9-13(18-24-16)23-15(21)22/h2-3,8H,4-7,9H2,1H3,(H,21,22). The number of hydrogen-bond acceptors (Lipinski definition) is 5. The van der Waals surface area contributed by atoms with Crippen molar-refractivity contribution in [2.75, 3.05) is 13.1 Å². The molecule has 1 fully saturated rings. The van der Waals surface area contributed by atoms with Crippen LogP contribution in [0.15, 0.2) is 27.8 Å². The average molecular weight is 397 g/mol. The van der Waals surface area contributed by atoms with E-state index in [0.29, 0.717) is 37.9 Å². The summed E-state index contributed by atoms with van der Waals surface area (Å²) in [4.78, 5) is 30.4. The molecule has 1 amide bonds. The van der Waals surface area contributed by atoms with Gasteiger partial charge in [0.15, 0.2) is 0 Å². The Morgan fingerprint density at radius 1 is 1.38 bits per heavy atom. The Kier molecular flexibility index (Phi) is 4.49. The summed E-state index contributed by atoms with van der Waals surface area (Å²) in [5.74, 6) is 0.0622. The van der Waals surface area contributed by atoms with Crippen molar-refractivity contribution in [2.45, 2.75) is 31.8 Å². The summed E-state index contributed by atoms with van der Waals surface area (Å²) in [6.07, 6.45) is 0.0975. The second-order valence-electron chi connectivity index (χ2n) is 6.06. The minimum absolute atomic E-state index is 0.0126. The lowest BCUT2D eigenvalue weighted by atomic mass is 9.88. The van der Waals surface area contributed by atoms with Crippen molar-refractivity contribution in [3.63, 3.8) is 0 Å². The van der Waals surface area contributed by atoms with Gasteiger partial charge in [0.2, 0.25) is 5.90 Å². The lowest BCUT2D eigenvalue weighted by molar-refractivity contribution is -0.0568. The molecule has 0 atom stereocenters. The van der Waals surface area contributed by atoms with Crippen molar-refractivity contribution >= 4 is 33.9 Å². The van der Waals surface area contributed by atoms with E-state index in [1.807, 2.05) is 19.1 Å². The maximum atomic E-state index is 12.6. The van der Waals surface area contributed by atoms with Crippen LogP contribution in [0.4, 0.5) is 4.79 Å². The zero-order valence-electron chi connectivity index (χ0n) is 13.1. The third-order valence-corrected chi connectivity index (χ3v) is 5.28. The summed E-state index contributed by atoms with van der Waals surface area (Å²) < 4.78 is 5.53. The smallest absolute Gasteiger partial charge is 0.449 e. The molecule has 2 aliphatic heterocycles. The number of likely N-dealkylation sites (tertiary alicyclic amines) is 1. The molecule has 0 unspecified atom stereocenters. The maximum absolute atomic E-state index is 12.6. The topological polar surface area (TPSA) is 88.4 Å². The van der Waals surface area contributed by atoms with Crippen molar-refractivity contribution in [3.8, 4) is 0 Å². The van der Waals surface area contributed by atoms with E-state index in [1.165, 1.54) is 0 Å². The molecule has 0 aromatic heterocycles. The van der Waals surface area contributed by atoms with Crippen LogP contribution >= 0.6 is 15.9 Å². The van der Waals surface area contributed by atoms with E-state index in [2.05, 4.69) is 25.8 Å². The monoisotopic (exact) mass is 396 g/mol. The predicted octanol–water partition coefficient (Wildman–Crippen LogP) is 3.16. The van der Waals surface area contributed by atoms with Crippen LogP contribution < -0.4 is 0 Å². The Morgan fingerprint density at radius 3 is 2.71 bits per heavy atom. The van der Waals surface area contributed by atoms with Crippen LogP contribution in [0.2, 0.25) is 0 Å². The predicted molar refractivity (Wildman–Crippen MR) is 89.0 cm³/mol. The lowest BCUT2D eigenvalue weighted by Crippen LogP contribution is -2.47. The maximum Gasteiger partial charge on any atom is 0.512 e. The van der Waals surface area contributed by atoms with E-state index in [0.717, 1.165) is 10.0 Å². The van der Waals surface area contributed by atoms with E-state index >= 15 is 0 Å². The molecule has 0 bridgehead atoms. The molecule has 1 spiro atoms. The number of hydrogen-bond donors (Lipinski definition) is 1. The van der Waals surface area contributed by atoms with Crippen LogP contribution in [0.1, 0.15) is 35.2 Å². The van der Waals surface area contributed by atoms with E-state index in [9.17, 15) is 9.59 Å². The number of carbonyl (C=O) groups is 2. The number of carboxylic acid groups (broad SMARTS) is 1. The summed E-state index contributed by atoms with van der Waals surface area (Å²) in [6.45, 7) is 3.01. The summed E-state index contributed by atoms with van der Waals surface area (Å²) in [6, 6.07) is 5.54. The molecule has 24 heavy (non-hydrogen) atoms. The molecule has 0 saturated carbocycles. The zero-order chi connectivity index (χ0) is 17.3. The molecule has 1 aromatic carbocycles. The number of aryl methyl sites for hydroxylation is 1. The first-order valence-electron chi connectivity index (χ1n) is 7.60. The fraction of sp³-hybridized carbons (Fsp3) is 0.438. The highest BCUT2D eigenvalue weighted by atomic mass is 79.9. The van der Waals surface area contributed by atoms with Gasteiger partial charge in [0, 0.05) is 36.0 Å². The summed E-state index contributed by atoms with van der Waals surface area (Å²) >= 11 is 3.43. The fourth-order valence-electron chi connectivity index (χ4n) is 2.99. The third kappa shape index (κ3) is 3.38. The van der Waals surface area contributed by atoms with Crippen LogP contribution in [0.5, 0.6) is 0 Å². The molecule has 2 aliphatic rings. The van der Waals surface area contributed by atoms with Gasteiger partial charge >= 0.3 is 6.16 Å². The van der Waals surface area contributed by atoms with Gasteiger partial charge in [-0.05, 0) is 30.7 Å². The van der Waals surface area contributed by atoms with Crippen molar-refractivity contribution in [3.05, 3.63) is 33.8 Å². The quantitative estimate of drug-likeness (QED) is 0.736. The van der Waals surface area contributed by atoms with Gasteiger partial charge in [-0.1, -0.05) is 21.1 Å². The normalized spacial score (nSPS) is 18.9. The molecule has 7 nitrogen and oxygen atoms in total. The van der Waals surface area contributed by atoms with Gasteiger partial charge in [-0.25, -0.2) is 4.79 Å². The number of rotatable bonds is 1. The summed E-state index contributed by atoms with van der Waals surface area (Å²) in [5.41, 5.74) is 1.11. The fourth-order valence-corrected chi connectivity index (χ4v) is 3.24. The lowest BCUT2D eigenvalue weighted by Gasteiger charge is -2.37. The highest BCUT2D eigenvalue weighted by Crippen LogP contribution is 2.35. The van der Waals surface area contributed by atoms with Gasteiger partial charge in [0.1, 0.15) is 5.60 Å². The number of oxime groups is 1. The second-order valence-corrected chi connectivity index (χ2v) is 6.91. The minimum Gasteiger partial charge on any atom is -0.449 e. The van der Waals surface area contributed by atoms with Crippen molar-refractivity contribution < 1.29 is 24.3 Å². The van der Waals surface area contributed by atoms with Crippen LogP contribution in [0, 0.1) is 6.92 Å². The van der Waals surface area contributed by atoms with E-state index < -0.39 is 11.8 Å². The Bertz CT molecular complexity index is 710. The Balaban J connectivity index is 1.60. The van der Waals surface area contributed by atoms with Crippen molar-refractivity contribution in [1.29, 1.82) is 0 Å². The van der Waals surface area contributed by atoms with Crippen molar-refractivity contribution in [1.82, 2.24) is 4.90 Å². The first-order valence-corrected chi connectivity index (χ1v) is 8.39. The summed E-state index contributed by atoms with van der Waals surface area (Å²) in [7, 11) is 0. The average Bonchev–Trinajstić information content (AvgIpc) is 2.92. The molecule has 1 N–H and O–H groups in total. The molecule has 1 saturated heterocycles. The van der Waals surface area contributed by atoms with Gasteiger partial charge < -0.3 is 19.6 Å². The number of halogens is 1. The van der Waals surface area contributed by atoms with Gasteiger partial charge in [-0.3, -0.25) is 4.79 Å². The van der Waals surface area contributed by atoms with Crippen LogP contribution in [-0.4, -0.2) is 46.7 Å². The Morgan fingerprint density at radius 2 is 2.08 bits per heavy atom. The first kappa shape index (κ1) is 16.8. The van der Waals surface area contributed by atoms with Gasteiger partial charge in [0.05, 0.1) is 6.42 Å². The van der Waals surface area contributed by atoms with E-state index in [-0.39, 0.29) is 11.8 Å². The number of amides is 1. The number of piperidine rings is 1. The Labute approximate surface area is 147 Å². The van der Waals surface area contributed by atoms with Crippen LogP contribution in [0.3, 0.4) is 0 Å². The second kappa shape index (κ2) is 6.43. The largest absolute Gasteiger partial charge is 0.512 e. The van der Waals surface area contributed by atoms with Gasteiger partial charge in [-0.15, -0.1) is 0 Å². The van der Waals surface area contributed by atoms with Crippen LogP contribution in [0.25, 0.3) is 0 Å². The SMILES string of the molecule is Cc1cc(C(=O)N2CCC3(CC2)CC(OC(=O)O)=NO3)ccc1Br. The van der Waals surface area contributed by atoms with E-state index in [1.54, 1.807) is 11.0 Å². The molecule has 0 radical (unpaired) electrons. The number of nitrogens with zero attached hydrogens (tertiary/aromatic N) is 2. The molecule has 0 aliphatic carbocycles. The molecule has 3 rings (SSSR count). The highest BCUT2D eigenvalue weighted by molar-refractivity contribution is 9.10.